The normalized spacial score (nSPS) is 14.2. The van der Waals surface area contributed by atoms with Crippen LogP contribution in [0.1, 0.15) is 15.6 Å². The van der Waals surface area contributed by atoms with Gasteiger partial charge < -0.3 is 19.4 Å². The molecule has 0 atom stereocenters. The number of ether oxygens (including phenoxy) is 1. The van der Waals surface area contributed by atoms with Gasteiger partial charge in [0.15, 0.2) is 0 Å². The smallest absolute Gasteiger partial charge is 0.264 e. The van der Waals surface area contributed by atoms with Gasteiger partial charge >= 0.3 is 0 Å². The molecule has 0 radical (unpaired) electrons. The summed E-state index contributed by atoms with van der Waals surface area (Å²) in [5.74, 6) is -2.41. The van der Waals surface area contributed by atoms with Gasteiger partial charge in [0, 0.05) is 18.3 Å². The number of rotatable bonds is 5. The molecule has 8 nitrogen and oxygen atoms in total. The summed E-state index contributed by atoms with van der Waals surface area (Å²) < 4.78 is 38.8. The Kier molecular flexibility index (Phi) is 5.75. The predicted octanol–water partition coefficient (Wildman–Crippen LogP) is 3.02. The first-order valence-electron chi connectivity index (χ1n) is 8.66. The summed E-state index contributed by atoms with van der Waals surface area (Å²) in [6, 6.07) is 5.24. The lowest BCUT2D eigenvalue weighted by Gasteiger charge is -2.26. The number of carbonyl (C=O) groups excluding carboxylic acids is 2. The number of amides is 2. The lowest BCUT2D eigenvalue weighted by molar-refractivity contribution is -0.125. The average molecular weight is 455 g/mol. The van der Waals surface area contributed by atoms with Gasteiger partial charge in [-0.25, -0.2) is 8.78 Å². The minimum atomic E-state index is -0.727. The Balaban J connectivity index is 1.45. The topological polar surface area (TPSA) is 97.6 Å². The largest absolute Gasteiger partial charge is 0.419 e. The minimum Gasteiger partial charge on any atom is -0.419 e. The molecule has 1 fully saturated rings. The molecule has 1 aliphatic rings. The Morgan fingerprint density at radius 2 is 2.10 bits per heavy atom. The minimum absolute atomic E-state index is 0.00763. The fourth-order valence-corrected chi connectivity index (χ4v) is 3.81. The zero-order valence-corrected chi connectivity index (χ0v) is 16.7. The molecule has 156 valence electrons. The number of carbonyl (C=O) groups is 2. The number of morpholine rings is 1. The van der Waals surface area contributed by atoms with Crippen LogP contribution in [0.4, 0.5) is 14.5 Å². The van der Waals surface area contributed by atoms with E-state index in [4.69, 9.17) is 20.8 Å². The van der Waals surface area contributed by atoms with E-state index in [0.717, 1.165) is 17.4 Å². The molecular formula is C18H13ClF2N4O4S. The van der Waals surface area contributed by atoms with Gasteiger partial charge in [0.2, 0.25) is 5.89 Å². The fourth-order valence-electron chi connectivity index (χ4n) is 2.80. The quantitative estimate of drug-likeness (QED) is 0.636. The second-order valence-electron chi connectivity index (χ2n) is 6.17. The Labute approximate surface area is 177 Å². The summed E-state index contributed by atoms with van der Waals surface area (Å²) in [5, 5.41) is 9.96. The third-order valence-corrected chi connectivity index (χ3v) is 5.45. The van der Waals surface area contributed by atoms with Crippen LogP contribution in [-0.4, -0.2) is 41.8 Å². The molecule has 2 amide bonds. The molecule has 0 saturated carbocycles. The Hall–Kier alpha value is -2.89. The van der Waals surface area contributed by atoms with Crippen LogP contribution in [-0.2, 0) is 16.1 Å². The Morgan fingerprint density at radius 1 is 1.27 bits per heavy atom. The molecule has 0 bridgehead atoms. The number of halogens is 3. The van der Waals surface area contributed by atoms with Crippen LogP contribution in [0.3, 0.4) is 0 Å². The summed E-state index contributed by atoms with van der Waals surface area (Å²) >= 11 is 6.48. The zero-order chi connectivity index (χ0) is 21.3. The summed E-state index contributed by atoms with van der Waals surface area (Å²) in [4.78, 5) is 25.2. The van der Waals surface area contributed by atoms with E-state index in [9.17, 15) is 18.4 Å². The van der Waals surface area contributed by atoms with Crippen LogP contribution < -0.4 is 10.2 Å². The van der Waals surface area contributed by atoms with E-state index in [2.05, 4.69) is 15.5 Å². The highest BCUT2D eigenvalue weighted by atomic mass is 35.5. The highest BCUT2D eigenvalue weighted by Crippen LogP contribution is 2.27. The number of thiophene rings is 1. The van der Waals surface area contributed by atoms with Gasteiger partial charge in [-0.2, -0.15) is 0 Å². The van der Waals surface area contributed by atoms with E-state index in [1.807, 2.05) is 0 Å². The van der Waals surface area contributed by atoms with Crippen molar-refractivity contribution in [1.29, 1.82) is 0 Å². The molecule has 4 rings (SSSR count). The second kappa shape index (κ2) is 8.46. The van der Waals surface area contributed by atoms with Gasteiger partial charge in [0.1, 0.15) is 23.1 Å². The van der Waals surface area contributed by atoms with Crippen molar-refractivity contribution in [3.63, 3.8) is 0 Å². The van der Waals surface area contributed by atoms with Crippen LogP contribution in [0.2, 0.25) is 4.34 Å². The van der Waals surface area contributed by atoms with Gasteiger partial charge in [-0.05, 0) is 18.2 Å². The zero-order valence-electron chi connectivity index (χ0n) is 15.2. The summed E-state index contributed by atoms with van der Waals surface area (Å²) in [6.45, 7) is 0.472. The first-order chi connectivity index (χ1) is 14.4. The molecule has 0 unspecified atom stereocenters. The number of nitrogens with zero attached hydrogens (tertiary/aromatic N) is 3. The third kappa shape index (κ3) is 4.18. The standard InChI is InChI=1S/C18H13ClF2N4O4S/c19-13-6-12(21)16(30-13)17(27)22-7-14-23-24-18(29-14)10-2-1-9(5-11(10)20)25-3-4-28-8-15(25)26/h1-2,5-6H,3-4,7-8H2,(H,22,27). The molecule has 3 aromatic rings. The van der Waals surface area contributed by atoms with Gasteiger partial charge in [0.05, 0.1) is 23.1 Å². The van der Waals surface area contributed by atoms with E-state index < -0.39 is 17.5 Å². The summed E-state index contributed by atoms with van der Waals surface area (Å²) in [5.41, 5.74) is 0.439. The molecule has 1 aromatic carbocycles. The SMILES string of the molecule is O=C(NCc1nnc(-c2ccc(N3CCOCC3=O)cc2F)o1)c1sc(Cl)cc1F. The first-order valence-corrected chi connectivity index (χ1v) is 9.85. The third-order valence-electron chi connectivity index (χ3n) is 4.21. The highest BCUT2D eigenvalue weighted by Gasteiger charge is 2.22. The van der Waals surface area contributed by atoms with Crippen LogP contribution >= 0.6 is 22.9 Å². The maximum absolute atomic E-state index is 14.6. The van der Waals surface area contributed by atoms with Crippen LogP contribution in [0.5, 0.6) is 0 Å². The molecule has 1 N–H and O–H groups in total. The average Bonchev–Trinajstić information content (AvgIpc) is 3.32. The molecule has 1 aliphatic heterocycles. The molecule has 12 heteroatoms. The lowest BCUT2D eigenvalue weighted by atomic mass is 10.1. The number of nitrogens with one attached hydrogen (secondary N) is 1. The summed E-state index contributed by atoms with van der Waals surface area (Å²) in [7, 11) is 0. The molecule has 2 aromatic heterocycles. The van der Waals surface area contributed by atoms with Crippen LogP contribution in [0.15, 0.2) is 28.7 Å². The fraction of sp³-hybridized carbons (Fsp3) is 0.222. The van der Waals surface area contributed by atoms with Crippen molar-refractivity contribution in [1.82, 2.24) is 15.5 Å². The maximum Gasteiger partial charge on any atom is 0.264 e. The number of hydrogen-bond acceptors (Lipinski definition) is 7. The Bertz CT molecular complexity index is 1120. The van der Waals surface area contributed by atoms with Gasteiger partial charge in [0.25, 0.3) is 17.7 Å². The molecule has 0 aliphatic carbocycles. The van der Waals surface area contributed by atoms with Crippen molar-refractivity contribution in [2.75, 3.05) is 24.7 Å². The molecule has 3 heterocycles. The lowest BCUT2D eigenvalue weighted by Crippen LogP contribution is -2.41. The van der Waals surface area contributed by atoms with Gasteiger partial charge in [-0.15, -0.1) is 21.5 Å². The van der Waals surface area contributed by atoms with E-state index in [1.165, 1.54) is 17.0 Å². The van der Waals surface area contributed by atoms with Crippen molar-refractivity contribution in [3.05, 3.63) is 51.0 Å². The molecule has 30 heavy (non-hydrogen) atoms. The maximum atomic E-state index is 14.6. The monoisotopic (exact) mass is 454 g/mol. The van der Waals surface area contributed by atoms with Gasteiger partial charge in [-0.1, -0.05) is 11.6 Å². The Morgan fingerprint density at radius 3 is 2.80 bits per heavy atom. The number of benzene rings is 1. The number of hydrogen-bond donors (Lipinski definition) is 1. The van der Waals surface area contributed by atoms with Crippen molar-refractivity contribution in [2.45, 2.75) is 6.54 Å². The van der Waals surface area contributed by atoms with Crippen LogP contribution in [0, 0.1) is 11.6 Å². The van der Waals surface area contributed by atoms with Crippen molar-refractivity contribution >= 4 is 40.4 Å². The number of aromatic nitrogens is 2. The second-order valence-corrected chi connectivity index (χ2v) is 7.86. The van der Waals surface area contributed by atoms with E-state index in [1.54, 1.807) is 6.07 Å². The molecular weight excluding hydrogens is 442 g/mol. The molecule has 1 saturated heterocycles. The predicted molar refractivity (Wildman–Crippen MR) is 103 cm³/mol. The van der Waals surface area contributed by atoms with E-state index in [0.29, 0.717) is 18.8 Å². The number of anilines is 1. The first kappa shape index (κ1) is 20.4. The van der Waals surface area contributed by atoms with Crippen LogP contribution in [0.25, 0.3) is 11.5 Å². The van der Waals surface area contributed by atoms with Crippen molar-refractivity contribution < 1.29 is 27.5 Å². The van der Waals surface area contributed by atoms with Crippen molar-refractivity contribution in [2.24, 2.45) is 0 Å². The highest BCUT2D eigenvalue weighted by molar-refractivity contribution is 7.18. The summed E-state index contributed by atoms with van der Waals surface area (Å²) in [6.07, 6.45) is 0. The van der Waals surface area contributed by atoms with E-state index >= 15 is 0 Å². The molecule has 0 spiro atoms. The van der Waals surface area contributed by atoms with Crippen molar-refractivity contribution in [3.8, 4) is 11.5 Å². The van der Waals surface area contributed by atoms with Gasteiger partial charge in [-0.3, -0.25) is 9.59 Å². The van der Waals surface area contributed by atoms with E-state index in [-0.39, 0.29) is 45.6 Å².